The van der Waals surface area contributed by atoms with Crippen LogP contribution in [0.25, 0.3) is 0 Å². The molecule has 0 heterocycles. The van der Waals surface area contributed by atoms with Gasteiger partial charge in [-0.3, -0.25) is 0 Å². The van der Waals surface area contributed by atoms with Crippen LogP contribution in [0, 0.1) is 28.6 Å². The van der Waals surface area contributed by atoms with Gasteiger partial charge in [0.05, 0.1) is 6.61 Å². The van der Waals surface area contributed by atoms with Crippen molar-refractivity contribution in [2.75, 3.05) is 6.61 Å². The number of carbonyl (C=O) groups excluding carboxylic acids is 1. The second-order valence-corrected chi connectivity index (χ2v) is 9.28. The van der Waals surface area contributed by atoms with Gasteiger partial charge in [-0.1, -0.05) is 58.4 Å². The summed E-state index contributed by atoms with van der Waals surface area (Å²) in [6.45, 7) is 13.5. The van der Waals surface area contributed by atoms with Crippen LogP contribution in [0.2, 0.25) is 0 Å². The van der Waals surface area contributed by atoms with Gasteiger partial charge in [-0.05, 0) is 60.8 Å². The van der Waals surface area contributed by atoms with Crippen molar-refractivity contribution in [1.82, 2.24) is 0 Å². The van der Waals surface area contributed by atoms with Crippen molar-refractivity contribution in [3.8, 4) is 0 Å². The molecule has 0 N–H and O–H groups in total. The van der Waals surface area contributed by atoms with Crippen LogP contribution in [-0.2, 0) is 9.53 Å². The lowest BCUT2D eigenvalue weighted by atomic mass is 9.47. The molecule has 0 amide bonds. The van der Waals surface area contributed by atoms with Crippen molar-refractivity contribution in [3.05, 3.63) is 36.0 Å². The maximum atomic E-state index is 11.6. The molecule has 4 atom stereocenters. The summed E-state index contributed by atoms with van der Waals surface area (Å²) in [7, 11) is 0. The molecule has 138 valence electrons. The highest BCUT2D eigenvalue weighted by Crippen LogP contribution is 2.62. The molecule has 0 aliphatic heterocycles. The minimum Gasteiger partial charge on any atom is -0.462 e. The molecule has 0 radical (unpaired) electrons. The molecule has 1 saturated carbocycles. The minimum atomic E-state index is -0.289. The van der Waals surface area contributed by atoms with Crippen molar-refractivity contribution in [2.45, 2.75) is 66.2 Å². The van der Waals surface area contributed by atoms with Gasteiger partial charge >= 0.3 is 5.97 Å². The fourth-order valence-corrected chi connectivity index (χ4v) is 5.94. The van der Waals surface area contributed by atoms with Crippen LogP contribution in [0.3, 0.4) is 0 Å². The molecule has 0 unspecified atom stereocenters. The molecule has 0 bridgehead atoms. The van der Waals surface area contributed by atoms with Gasteiger partial charge in [0, 0.05) is 11.5 Å². The summed E-state index contributed by atoms with van der Waals surface area (Å²) < 4.78 is 5.52. The Hall–Kier alpha value is -1.31. The number of ether oxygens (including phenoxy) is 1. The molecule has 0 saturated heterocycles. The highest BCUT2D eigenvalue weighted by Gasteiger charge is 2.54. The monoisotopic (exact) mass is 342 g/mol. The van der Waals surface area contributed by atoms with E-state index in [9.17, 15) is 4.79 Å². The van der Waals surface area contributed by atoms with Crippen molar-refractivity contribution >= 4 is 5.97 Å². The first-order valence-corrected chi connectivity index (χ1v) is 10.00. The molecule has 0 spiro atoms. The molecular weight excluding hydrogens is 308 g/mol. The second kappa shape index (κ2) is 6.78. The molecule has 3 aliphatic carbocycles. The average molecular weight is 343 g/mol. The standard InChI is InChI=1S/C23H34O2/c1-6-21(24)25-15-22(4)12-7-13-23(5)19-10-8-17(16(2)3)14-18(19)9-11-20(22)23/h6,9,14,16,19-20H,1,7-8,10-13,15H2,2-5H3/t19-,20-,22-,23+/m0/s1. The van der Waals surface area contributed by atoms with Crippen LogP contribution >= 0.6 is 0 Å². The van der Waals surface area contributed by atoms with E-state index in [1.165, 1.54) is 31.8 Å². The Balaban J connectivity index is 1.87. The zero-order chi connectivity index (χ0) is 18.2. The van der Waals surface area contributed by atoms with Crippen LogP contribution in [0.1, 0.15) is 66.2 Å². The van der Waals surface area contributed by atoms with E-state index in [0.717, 1.165) is 12.8 Å². The van der Waals surface area contributed by atoms with Gasteiger partial charge in [0.2, 0.25) is 0 Å². The topological polar surface area (TPSA) is 26.3 Å². The van der Waals surface area contributed by atoms with E-state index in [2.05, 4.69) is 46.4 Å². The van der Waals surface area contributed by atoms with E-state index >= 15 is 0 Å². The third kappa shape index (κ3) is 3.25. The fraction of sp³-hybridized carbons (Fsp3) is 0.696. The number of allylic oxidation sites excluding steroid dienone is 4. The first-order chi connectivity index (χ1) is 11.8. The van der Waals surface area contributed by atoms with Gasteiger partial charge in [0.15, 0.2) is 0 Å². The number of hydrogen-bond acceptors (Lipinski definition) is 2. The molecule has 2 heteroatoms. The molecule has 3 rings (SSSR count). The Bertz CT molecular complexity index is 612. The third-order valence-corrected chi connectivity index (χ3v) is 7.41. The Labute approximate surface area is 153 Å². The maximum absolute atomic E-state index is 11.6. The maximum Gasteiger partial charge on any atom is 0.330 e. The number of fused-ring (bicyclic) bond motifs is 3. The molecule has 2 nitrogen and oxygen atoms in total. The third-order valence-electron chi connectivity index (χ3n) is 7.41. The summed E-state index contributed by atoms with van der Waals surface area (Å²) in [4.78, 5) is 11.6. The van der Waals surface area contributed by atoms with E-state index in [1.807, 2.05) is 0 Å². The summed E-state index contributed by atoms with van der Waals surface area (Å²) in [6.07, 6.45) is 13.6. The molecule has 0 aromatic heterocycles. The molecular formula is C23H34O2. The first-order valence-electron chi connectivity index (χ1n) is 10.00. The summed E-state index contributed by atoms with van der Waals surface area (Å²) in [5.41, 5.74) is 3.61. The van der Waals surface area contributed by atoms with Gasteiger partial charge in [0.1, 0.15) is 0 Å². The van der Waals surface area contributed by atoms with Crippen LogP contribution in [0.15, 0.2) is 36.0 Å². The van der Waals surface area contributed by atoms with E-state index in [4.69, 9.17) is 4.74 Å². The van der Waals surface area contributed by atoms with Crippen molar-refractivity contribution in [1.29, 1.82) is 0 Å². The predicted molar refractivity (Wildman–Crippen MR) is 103 cm³/mol. The predicted octanol–water partition coefficient (Wildman–Crippen LogP) is 5.85. The summed E-state index contributed by atoms with van der Waals surface area (Å²) >= 11 is 0. The lowest BCUT2D eigenvalue weighted by Gasteiger charge is -2.58. The van der Waals surface area contributed by atoms with Crippen molar-refractivity contribution < 1.29 is 9.53 Å². The van der Waals surface area contributed by atoms with E-state index < -0.39 is 0 Å². The van der Waals surface area contributed by atoms with Crippen LogP contribution in [0.4, 0.5) is 0 Å². The number of rotatable bonds is 4. The average Bonchev–Trinajstić information content (AvgIpc) is 2.59. The molecule has 0 aromatic rings. The Morgan fingerprint density at radius 3 is 2.84 bits per heavy atom. The lowest BCUT2D eigenvalue weighted by molar-refractivity contribution is -0.148. The minimum absolute atomic E-state index is 0.0791. The molecule has 3 aliphatic rings. The summed E-state index contributed by atoms with van der Waals surface area (Å²) in [6, 6.07) is 0. The Morgan fingerprint density at radius 1 is 1.40 bits per heavy atom. The highest BCUT2D eigenvalue weighted by molar-refractivity contribution is 5.81. The largest absolute Gasteiger partial charge is 0.462 e. The second-order valence-electron chi connectivity index (χ2n) is 9.28. The van der Waals surface area contributed by atoms with Gasteiger partial charge in [0.25, 0.3) is 0 Å². The number of carbonyl (C=O) groups is 1. The van der Waals surface area contributed by atoms with Crippen molar-refractivity contribution in [3.63, 3.8) is 0 Å². The number of esters is 1. The zero-order valence-electron chi connectivity index (χ0n) is 16.4. The smallest absolute Gasteiger partial charge is 0.330 e. The molecule has 1 fully saturated rings. The van der Waals surface area contributed by atoms with Crippen LogP contribution in [0.5, 0.6) is 0 Å². The quantitative estimate of drug-likeness (QED) is 0.473. The highest BCUT2D eigenvalue weighted by atomic mass is 16.5. The number of hydrogen-bond donors (Lipinski definition) is 0. The van der Waals surface area contributed by atoms with Crippen LogP contribution < -0.4 is 0 Å². The molecule has 0 aromatic carbocycles. The summed E-state index contributed by atoms with van der Waals surface area (Å²) in [5, 5.41) is 0. The van der Waals surface area contributed by atoms with Gasteiger partial charge in [-0.2, -0.15) is 0 Å². The van der Waals surface area contributed by atoms with Crippen molar-refractivity contribution in [2.24, 2.45) is 28.6 Å². The van der Waals surface area contributed by atoms with Crippen LogP contribution in [-0.4, -0.2) is 12.6 Å². The van der Waals surface area contributed by atoms with E-state index in [1.54, 1.807) is 11.1 Å². The summed E-state index contributed by atoms with van der Waals surface area (Å²) in [5.74, 6) is 1.63. The first kappa shape index (κ1) is 18.5. The van der Waals surface area contributed by atoms with E-state index in [-0.39, 0.29) is 11.4 Å². The SMILES string of the molecule is C=CC(=O)OC[C@]1(C)CCC[C@]2(C)[C@H]3CCC(C(C)C)=CC3=CC[C@@H]12. The molecule has 25 heavy (non-hydrogen) atoms. The zero-order valence-corrected chi connectivity index (χ0v) is 16.4. The Kier molecular flexibility index (Phi) is 5.01. The normalized spacial score (nSPS) is 37.5. The fourth-order valence-electron chi connectivity index (χ4n) is 5.94. The van der Waals surface area contributed by atoms with Gasteiger partial charge in [-0.15, -0.1) is 0 Å². The van der Waals surface area contributed by atoms with E-state index in [0.29, 0.717) is 29.8 Å². The Morgan fingerprint density at radius 2 is 2.16 bits per heavy atom. The van der Waals surface area contributed by atoms with Gasteiger partial charge < -0.3 is 4.74 Å². The lowest BCUT2D eigenvalue weighted by Crippen LogP contribution is -2.51. The van der Waals surface area contributed by atoms with Gasteiger partial charge in [-0.25, -0.2) is 4.79 Å².